The summed E-state index contributed by atoms with van der Waals surface area (Å²) in [6, 6.07) is 0. The number of amides is 1. The molecule has 0 unspecified atom stereocenters. The van der Waals surface area contributed by atoms with E-state index in [0.717, 1.165) is 45.4 Å². The smallest absolute Gasteiger partial charge is 0.230 e. The Labute approximate surface area is 143 Å². The molecule has 1 amide bonds. The van der Waals surface area contributed by atoms with Gasteiger partial charge >= 0.3 is 0 Å². The molecule has 1 aromatic heterocycles. The van der Waals surface area contributed by atoms with Gasteiger partial charge in [-0.05, 0) is 38.6 Å². The van der Waals surface area contributed by atoms with E-state index < -0.39 is 0 Å². The summed E-state index contributed by atoms with van der Waals surface area (Å²) in [7, 11) is 2.04. The maximum atomic E-state index is 12.9. The maximum absolute atomic E-state index is 12.9. The Kier molecular flexibility index (Phi) is 4.12. The normalized spacial score (nSPS) is 28.2. The van der Waals surface area contributed by atoms with Gasteiger partial charge in [0.25, 0.3) is 0 Å². The van der Waals surface area contributed by atoms with Crippen molar-refractivity contribution in [1.82, 2.24) is 19.6 Å². The van der Waals surface area contributed by atoms with Crippen LogP contribution in [0.1, 0.15) is 49.3 Å². The van der Waals surface area contributed by atoms with Crippen LogP contribution in [-0.4, -0.2) is 63.4 Å². The molecule has 0 aromatic carbocycles. The molecule has 6 nitrogen and oxygen atoms in total. The fourth-order valence-corrected chi connectivity index (χ4v) is 4.70. The largest absolute Gasteiger partial charge is 0.395 e. The lowest BCUT2D eigenvalue weighted by Gasteiger charge is -2.39. The van der Waals surface area contributed by atoms with Crippen LogP contribution in [0.2, 0.25) is 0 Å². The molecule has 6 heteroatoms. The van der Waals surface area contributed by atoms with E-state index in [9.17, 15) is 9.90 Å². The van der Waals surface area contributed by atoms with Crippen molar-refractivity contribution in [1.29, 1.82) is 0 Å². The second kappa shape index (κ2) is 6.15. The predicted octanol–water partition coefficient (Wildman–Crippen LogP) is 1.10. The van der Waals surface area contributed by atoms with E-state index >= 15 is 0 Å². The highest BCUT2D eigenvalue weighted by Crippen LogP contribution is 2.43. The van der Waals surface area contributed by atoms with Crippen LogP contribution >= 0.6 is 0 Å². The Morgan fingerprint density at radius 2 is 2.17 bits per heavy atom. The van der Waals surface area contributed by atoms with Gasteiger partial charge in [-0.25, -0.2) is 0 Å². The molecule has 1 aromatic rings. The molecule has 1 aliphatic carbocycles. The predicted molar refractivity (Wildman–Crippen MR) is 90.4 cm³/mol. The van der Waals surface area contributed by atoms with Crippen LogP contribution in [0.4, 0.5) is 0 Å². The lowest BCUT2D eigenvalue weighted by atomic mass is 9.78. The first-order chi connectivity index (χ1) is 11.6. The molecule has 1 N–H and O–H groups in total. The Morgan fingerprint density at radius 3 is 2.92 bits per heavy atom. The van der Waals surface area contributed by atoms with Crippen molar-refractivity contribution in [2.24, 2.45) is 12.5 Å². The molecule has 0 radical (unpaired) electrons. The zero-order chi connectivity index (χ0) is 16.7. The molecule has 4 rings (SSSR count). The summed E-state index contributed by atoms with van der Waals surface area (Å²) in [5, 5.41) is 13.7. The number of aliphatic hydroxyl groups excluding tert-OH is 1. The van der Waals surface area contributed by atoms with E-state index in [0.29, 0.717) is 12.5 Å². The molecule has 2 aliphatic heterocycles. The summed E-state index contributed by atoms with van der Waals surface area (Å²) in [4.78, 5) is 17.2. The quantitative estimate of drug-likeness (QED) is 0.877. The Bertz CT molecular complexity index is 623. The number of hydrogen-bond donors (Lipinski definition) is 1. The molecular weight excluding hydrogens is 304 g/mol. The Balaban J connectivity index is 1.45. The zero-order valence-corrected chi connectivity index (χ0v) is 14.6. The molecule has 3 aliphatic rings. The highest BCUT2D eigenvalue weighted by molar-refractivity contribution is 5.84. The number of piperidine rings is 1. The molecule has 132 valence electrons. The molecular formula is C18H28N4O2. The number of likely N-dealkylation sites (tertiary alicyclic amines) is 2. The number of carbonyl (C=O) groups excluding carboxylic acids is 1. The van der Waals surface area contributed by atoms with Crippen LogP contribution in [0.5, 0.6) is 0 Å². The van der Waals surface area contributed by atoms with Gasteiger partial charge in [-0.2, -0.15) is 5.10 Å². The number of hydrogen-bond acceptors (Lipinski definition) is 4. The lowest BCUT2D eigenvalue weighted by Crippen LogP contribution is -2.50. The van der Waals surface area contributed by atoms with Crippen LogP contribution in [0.25, 0.3) is 0 Å². The highest BCUT2D eigenvalue weighted by Gasteiger charge is 2.48. The van der Waals surface area contributed by atoms with Gasteiger partial charge in [-0.15, -0.1) is 0 Å². The van der Waals surface area contributed by atoms with Gasteiger partial charge in [0.2, 0.25) is 5.91 Å². The standard InChI is InChI=1S/C18H28N4O2/c1-20-16(14-3-4-14)15(11-19-20)12-21-8-6-18(13-21)5-2-7-22(9-10-23)17(18)24/h11,14,23H,2-10,12-13H2,1H3/t18-/m0/s1. The Hall–Kier alpha value is -1.40. The van der Waals surface area contributed by atoms with E-state index in [2.05, 4.69) is 10.00 Å². The van der Waals surface area contributed by atoms with Gasteiger partial charge < -0.3 is 10.0 Å². The van der Waals surface area contributed by atoms with Crippen LogP contribution in [0.15, 0.2) is 6.20 Å². The van der Waals surface area contributed by atoms with Gasteiger partial charge in [-0.1, -0.05) is 0 Å². The SMILES string of the molecule is Cn1ncc(CN2CC[C@@]3(CCCN(CCO)C3=O)C2)c1C1CC1. The summed E-state index contributed by atoms with van der Waals surface area (Å²) in [6.45, 7) is 4.09. The summed E-state index contributed by atoms with van der Waals surface area (Å²) >= 11 is 0. The first-order valence-electron chi connectivity index (χ1n) is 9.26. The number of β-amino-alcohol motifs (C(OH)–C–C–N with tert-alkyl or cyclic N) is 1. The molecule has 0 bridgehead atoms. The third-order valence-corrected chi connectivity index (χ3v) is 6.05. The molecule has 2 saturated heterocycles. The molecule has 1 atom stereocenters. The summed E-state index contributed by atoms with van der Waals surface area (Å²) in [6.07, 6.45) is 7.58. The van der Waals surface area contributed by atoms with E-state index in [4.69, 9.17) is 0 Å². The lowest BCUT2D eigenvalue weighted by molar-refractivity contribution is -0.146. The molecule has 1 spiro atoms. The van der Waals surface area contributed by atoms with E-state index in [-0.39, 0.29) is 17.9 Å². The van der Waals surface area contributed by atoms with Gasteiger partial charge in [-0.3, -0.25) is 14.4 Å². The monoisotopic (exact) mass is 332 g/mol. The number of carbonyl (C=O) groups is 1. The third kappa shape index (κ3) is 2.75. The van der Waals surface area contributed by atoms with Crippen molar-refractivity contribution in [3.8, 4) is 0 Å². The summed E-state index contributed by atoms with van der Waals surface area (Å²) in [5.74, 6) is 0.958. The van der Waals surface area contributed by atoms with Gasteiger partial charge in [0, 0.05) is 50.4 Å². The van der Waals surface area contributed by atoms with Gasteiger partial charge in [0.1, 0.15) is 0 Å². The van der Waals surface area contributed by atoms with Crippen molar-refractivity contribution in [3.63, 3.8) is 0 Å². The second-order valence-corrected chi connectivity index (χ2v) is 7.81. The number of aromatic nitrogens is 2. The van der Waals surface area contributed by atoms with Crippen molar-refractivity contribution in [2.75, 3.05) is 32.8 Å². The number of aryl methyl sites for hydroxylation is 1. The van der Waals surface area contributed by atoms with Crippen molar-refractivity contribution in [2.45, 2.75) is 44.6 Å². The van der Waals surface area contributed by atoms with Crippen LogP contribution in [-0.2, 0) is 18.4 Å². The average molecular weight is 332 g/mol. The summed E-state index contributed by atoms with van der Waals surface area (Å²) < 4.78 is 2.04. The first kappa shape index (κ1) is 16.1. The number of aliphatic hydroxyl groups is 1. The number of rotatable bonds is 5. The van der Waals surface area contributed by atoms with Crippen molar-refractivity contribution in [3.05, 3.63) is 17.5 Å². The van der Waals surface area contributed by atoms with Gasteiger partial charge in [0.05, 0.1) is 18.2 Å². The van der Waals surface area contributed by atoms with Crippen molar-refractivity contribution >= 4 is 5.91 Å². The maximum Gasteiger partial charge on any atom is 0.230 e. The zero-order valence-electron chi connectivity index (χ0n) is 14.6. The molecule has 24 heavy (non-hydrogen) atoms. The van der Waals surface area contributed by atoms with Crippen molar-refractivity contribution < 1.29 is 9.90 Å². The van der Waals surface area contributed by atoms with Gasteiger partial charge in [0.15, 0.2) is 0 Å². The minimum absolute atomic E-state index is 0.0615. The van der Waals surface area contributed by atoms with E-state index in [1.807, 2.05) is 22.8 Å². The first-order valence-corrected chi connectivity index (χ1v) is 9.26. The minimum atomic E-state index is -0.213. The van der Waals surface area contributed by atoms with Crippen LogP contribution < -0.4 is 0 Å². The molecule has 3 fully saturated rings. The topological polar surface area (TPSA) is 61.6 Å². The van der Waals surface area contributed by atoms with E-state index in [1.54, 1.807) is 0 Å². The van der Waals surface area contributed by atoms with Crippen LogP contribution in [0.3, 0.4) is 0 Å². The highest BCUT2D eigenvalue weighted by atomic mass is 16.3. The fourth-order valence-electron chi connectivity index (χ4n) is 4.70. The fraction of sp³-hybridized carbons (Fsp3) is 0.778. The number of nitrogens with zero attached hydrogens (tertiary/aromatic N) is 4. The second-order valence-electron chi connectivity index (χ2n) is 7.81. The Morgan fingerprint density at radius 1 is 1.33 bits per heavy atom. The molecule has 3 heterocycles. The minimum Gasteiger partial charge on any atom is -0.395 e. The molecule has 1 saturated carbocycles. The van der Waals surface area contributed by atoms with E-state index in [1.165, 1.54) is 24.1 Å². The summed E-state index contributed by atoms with van der Waals surface area (Å²) in [5.41, 5.74) is 2.52. The third-order valence-electron chi connectivity index (χ3n) is 6.05. The average Bonchev–Trinajstić information content (AvgIpc) is 3.22. The van der Waals surface area contributed by atoms with Crippen LogP contribution in [0, 0.1) is 5.41 Å².